The molecule has 5 rings (SSSR count). The molecule has 0 aliphatic carbocycles. The Labute approximate surface area is 248 Å². The van der Waals surface area contributed by atoms with Gasteiger partial charge in [0.15, 0.2) is 5.82 Å². The molecule has 0 saturated heterocycles. The lowest BCUT2D eigenvalue weighted by molar-refractivity contribution is 0.629. The Bertz CT molecular complexity index is 1830. The Morgan fingerprint density at radius 2 is 1.88 bits per heavy atom. The summed E-state index contributed by atoms with van der Waals surface area (Å²) in [5.74, 6) is -0.503. The van der Waals surface area contributed by atoms with Gasteiger partial charge in [0, 0.05) is 40.0 Å². The van der Waals surface area contributed by atoms with Crippen LogP contribution in [0.25, 0.3) is 32.6 Å². The van der Waals surface area contributed by atoms with Crippen molar-refractivity contribution >= 4 is 39.2 Å². The van der Waals surface area contributed by atoms with Crippen LogP contribution in [0.5, 0.6) is 0 Å². The van der Waals surface area contributed by atoms with Gasteiger partial charge in [-0.25, -0.2) is 4.39 Å². The zero-order valence-electron chi connectivity index (χ0n) is 23.5. The van der Waals surface area contributed by atoms with Crippen LogP contribution in [-0.4, -0.2) is 20.2 Å². The second-order valence-electron chi connectivity index (χ2n) is 9.66. The first-order valence-corrected chi connectivity index (χ1v) is 14.2. The highest BCUT2D eigenvalue weighted by molar-refractivity contribution is 7.13. The Morgan fingerprint density at radius 1 is 1.07 bits per heavy atom. The van der Waals surface area contributed by atoms with E-state index in [1.165, 1.54) is 0 Å². The molecule has 1 aromatic carbocycles. The Hall–Kier alpha value is -5.08. The lowest BCUT2D eigenvalue weighted by Crippen LogP contribution is -2.12. The zero-order chi connectivity index (χ0) is 29.6. The van der Waals surface area contributed by atoms with Crippen molar-refractivity contribution in [3.05, 3.63) is 144 Å². The van der Waals surface area contributed by atoms with Gasteiger partial charge < -0.3 is 10.6 Å². The molecular formula is C34H31FN6S. The molecule has 210 valence electrons. The van der Waals surface area contributed by atoms with E-state index in [2.05, 4.69) is 56.6 Å². The average Bonchev–Trinajstić information content (AvgIpc) is 3.68. The van der Waals surface area contributed by atoms with Crippen LogP contribution in [0.2, 0.25) is 0 Å². The fourth-order valence-corrected chi connectivity index (χ4v) is 5.43. The third-order valence-corrected chi connectivity index (χ3v) is 7.72. The van der Waals surface area contributed by atoms with E-state index in [0.29, 0.717) is 40.0 Å². The zero-order valence-corrected chi connectivity index (χ0v) is 24.4. The average molecular weight is 575 g/mol. The van der Waals surface area contributed by atoms with Gasteiger partial charge in [0.1, 0.15) is 11.4 Å². The lowest BCUT2D eigenvalue weighted by Gasteiger charge is -2.14. The molecule has 0 unspecified atom stereocenters. The summed E-state index contributed by atoms with van der Waals surface area (Å²) in [6.45, 7) is 16.1. The van der Waals surface area contributed by atoms with Gasteiger partial charge in [-0.05, 0) is 48.6 Å². The number of rotatable bonds is 11. The largest absolute Gasteiger partial charge is 0.359 e. The molecular weight excluding hydrogens is 543 g/mol. The summed E-state index contributed by atoms with van der Waals surface area (Å²) in [6.07, 6.45) is 11.1. The number of nitrogens with one attached hydrogen (secondary N) is 3. The van der Waals surface area contributed by atoms with Crippen molar-refractivity contribution in [3.8, 4) is 10.4 Å². The molecule has 0 aliphatic heterocycles. The van der Waals surface area contributed by atoms with E-state index in [1.54, 1.807) is 42.0 Å². The van der Waals surface area contributed by atoms with Crippen LogP contribution in [-0.2, 0) is 6.42 Å². The van der Waals surface area contributed by atoms with E-state index in [0.717, 1.165) is 33.0 Å². The van der Waals surface area contributed by atoms with E-state index in [1.807, 2.05) is 61.8 Å². The van der Waals surface area contributed by atoms with Crippen LogP contribution in [0.1, 0.15) is 29.4 Å². The Morgan fingerprint density at radius 3 is 2.60 bits per heavy atom. The first kappa shape index (κ1) is 28.4. The third kappa shape index (κ3) is 5.99. The highest BCUT2D eigenvalue weighted by atomic mass is 32.1. The van der Waals surface area contributed by atoms with Crippen LogP contribution >= 0.6 is 11.3 Å². The predicted molar refractivity (Wildman–Crippen MR) is 173 cm³/mol. The summed E-state index contributed by atoms with van der Waals surface area (Å²) in [5, 5.41) is 16.2. The fourth-order valence-electron chi connectivity index (χ4n) is 4.64. The Balaban J connectivity index is 1.42. The summed E-state index contributed by atoms with van der Waals surface area (Å²) >= 11 is 1.65. The first-order chi connectivity index (χ1) is 20.4. The van der Waals surface area contributed by atoms with Gasteiger partial charge in [-0.2, -0.15) is 5.10 Å². The number of hydrogen-bond donors (Lipinski definition) is 3. The minimum Gasteiger partial charge on any atom is -0.359 e. The first-order valence-electron chi connectivity index (χ1n) is 13.4. The quantitative estimate of drug-likeness (QED) is 0.138. The summed E-state index contributed by atoms with van der Waals surface area (Å²) in [7, 11) is 0. The van der Waals surface area contributed by atoms with Crippen molar-refractivity contribution in [2.45, 2.75) is 20.3 Å². The number of halogens is 1. The van der Waals surface area contributed by atoms with Gasteiger partial charge in [-0.3, -0.25) is 15.1 Å². The number of aromatic nitrogens is 4. The number of thiophene rings is 1. The molecule has 0 bridgehead atoms. The van der Waals surface area contributed by atoms with E-state index in [4.69, 9.17) is 0 Å². The predicted octanol–water partition coefficient (Wildman–Crippen LogP) is 8.43. The number of nitrogens with zero attached hydrogens (tertiary/aromatic N) is 3. The molecule has 0 aliphatic rings. The lowest BCUT2D eigenvalue weighted by atomic mass is 10.1. The highest BCUT2D eigenvalue weighted by Crippen LogP contribution is 2.33. The van der Waals surface area contributed by atoms with Crippen molar-refractivity contribution in [1.29, 1.82) is 0 Å². The van der Waals surface area contributed by atoms with Crippen LogP contribution in [0.15, 0.2) is 116 Å². The molecule has 0 amide bonds. The summed E-state index contributed by atoms with van der Waals surface area (Å²) in [4.78, 5) is 9.94. The van der Waals surface area contributed by atoms with Crippen molar-refractivity contribution < 1.29 is 4.39 Å². The topological polar surface area (TPSA) is 78.5 Å². The van der Waals surface area contributed by atoms with Crippen molar-refractivity contribution in [1.82, 2.24) is 25.5 Å². The maximum absolute atomic E-state index is 16.2. The SMILES string of the molecule is C=C/C(=C\C(=C/C)c1ncc2[nH]nc(C(=C)Nc3cncc(-c4cccs4)c3C)c2c1F)NC(=C)Cc1ccccc1. The van der Waals surface area contributed by atoms with Gasteiger partial charge >= 0.3 is 0 Å². The number of pyridine rings is 2. The minimum atomic E-state index is -0.503. The molecule has 4 heterocycles. The van der Waals surface area contributed by atoms with Crippen molar-refractivity contribution in [2.24, 2.45) is 0 Å². The van der Waals surface area contributed by atoms with Crippen molar-refractivity contribution in [2.75, 3.05) is 5.32 Å². The van der Waals surface area contributed by atoms with Crippen LogP contribution in [0, 0.1) is 12.7 Å². The van der Waals surface area contributed by atoms with Gasteiger partial charge in [-0.1, -0.05) is 62.2 Å². The molecule has 0 saturated carbocycles. The molecule has 0 radical (unpaired) electrons. The maximum Gasteiger partial charge on any atom is 0.161 e. The highest BCUT2D eigenvalue weighted by Gasteiger charge is 2.20. The van der Waals surface area contributed by atoms with Crippen molar-refractivity contribution in [3.63, 3.8) is 0 Å². The molecule has 3 N–H and O–H groups in total. The van der Waals surface area contributed by atoms with E-state index >= 15 is 4.39 Å². The number of hydrogen-bond acceptors (Lipinski definition) is 6. The van der Waals surface area contributed by atoms with E-state index < -0.39 is 5.82 Å². The van der Waals surface area contributed by atoms with E-state index in [9.17, 15) is 0 Å². The standard InChI is InChI=1S/C34H31FN6S/c1-6-25(17-26(7-2)38-21(3)16-24-12-9-8-10-13-24)34-32(35)31-29(20-37-34)40-41-33(31)23(5)39-28-19-36-18-27(22(28)4)30-14-11-15-42-30/h6-15,17-20,38-39H,2-3,5,16H2,1,4H3,(H,40,41)/b25-6+,26-17+. The monoisotopic (exact) mass is 574 g/mol. The summed E-state index contributed by atoms with van der Waals surface area (Å²) < 4.78 is 16.2. The normalized spacial score (nSPS) is 11.9. The van der Waals surface area contributed by atoms with Gasteiger partial charge in [0.2, 0.25) is 0 Å². The maximum atomic E-state index is 16.2. The second kappa shape index (κ2) is 12.6. The number of benzene rings is 1. The molecule has 4 aromatic heterocycles. The summed E-state index contributed by atoms with van der Waals surface area (Å²) in [5.41, 5.74) is 7.45. The third-order valence-electron chi connectivity index (χ3n) is 6.81. The minimum absolute atomic E-state index is 0.188. The van der Waals surface area contributed by atoms with Gasteiger partial charge in [0.05, 0.1) is 34.7 Å². The van der Waals surface area contributed by atoms with Crippen LogP contribution < -0.4 is 10.6 Å². The molecule has 0 spiro atoms. The molecule has 0 fully saturated rings. The molecule has 5 aromatic rings. The number of allylic oxidation sites excluding steroid dienone is 5. The molecule has 8 heteroatoms. The van der Waals surface area contributed by atoms with Crippen LogP contribution in [0.4, 0.5) is 10.1 Å². The molecule has 0 atom stereocenters. The smallest absolute Gasteiger partial charge is 0.161 e. The molecule has 42 heavy (non-hydrogen) atoms. The van der Waals surface area contributed by atoms with E-state index in [-0.39, 0.29) is 5.69 Å². The summed E-state index contributed by atoms with van der Waals surface area (Å²) in [6, 6.07) is 14.1. The van der Waals surface area contributed by atoms with Gasteiger partial charge in [-0.15, -0.1) is 11.3 Å². The number of aromatic amines is 1. The van der Waals surface area contributed by atoms with Crippen LogP contribution in [0.3, 0.4) is 0 Å². The Kier molecular flexibility index (Phi) is 8.55. The second-order valence-corrected chi connectivity index (χ2v) is 10.6. The fraction of sp³-hybridized carbons (Fsp3) is 0.0882. The number of H-pyrrole nitrogens is 1. The van der Waals surface area contributed by atoms with Gasteiger partial charge in [0.25, 0.3) is 0 Å². The number of fused-ring (bicyclic) bond motifs is 1. The number of anilines is 1. The molecule has 6 nitrogen and oxygen atoms in total.